The third kappa shape index (κ3) is 3.89. The quantitative estimate of drug-likeness (QED) is 0.877. The van der Waals surface area contributed by atoms with Gasteiger partial charge < -0.3 is 10.1 Å². The molecule has 0 saturated carbocycles. The topological polar surface area (TPSA) is 67.4 Å². The Bertz CT molecular complexity index is 611. The molecule has 0 radical (unpaired) electrons. The molecule has 1 aromatic carbocycles. The number of ether oxygens (including phenoxy) is 1. The van der Waals surface area contributed by atoms with Gasteiger partial charge in [0.05, 0.1) is 11.8 Å². The Hall–Kier alpha value is -1.27. The number of hydrogen-bond donors (Lipinski definition) is 2. The Morgan fingerprint density at radius 1 is 1.33 bits per heavy atom. The van der Waals surface area contributed by atoms with Crippen LogP contribution in [0.2, 0.25) is 0 Å². The second-order valence-electron chi connectivity index (χ2n) is 5.92. The molecule has 1 atom stereocenters. The predicted molar refractivity (Wildman–Crippen MR) is 85.3 cm³/mol. The molecule has 0 bridgehead atoms. The minimum absolute atomic E-state index is 0.0764. The van der Waals surface area contributed by atoms with Crippen molar-refractivity contribution in [2.75, 3.05) is 17.6 Å². The highest BCUT2D eigenvalue weighted by molar-refractivity contribution is 7.89. The van der Waals surface area contributed by atoms with Crippen molar-refractivity contribution in [2.45, 2.75) is 45.8 Å². The van der Waals surface area contributed by atoms with Gasteiger partial charge in [-0.2, -0.15) is 0 Å². The van der Waals surface area contributed by atoms with Gasteiger partial charge in [0.15, 0.2) is 0 Å². The minimum atomic E-state index is -3.26. The second kappa shape index (κ2) is 5.85. The van der Waals surface area contributed by atoms with E-state index < -0.39 is 15.6 Å². The summed E-state index contributed by atoms with van der Waals surface area (Å²) in [5, 5.41) is 3.24. The lowest BCUT2D eigenvalue weighted by atomic mass is 9.90. The fourth-order valence-corrected chi connectivity index (χ4v) is 3.38. The number of nitrogens with one attached hydrogen (secondary N) is 2. The molecule has 1 aliphatic rings. The van der Waals surface area contributed by atoms with Crippen LogP contribution in [0, 0.1) is 0 Å². The number of anilines is 1. The normalized spacial score (nSPS) is 20.5. The molecule has 6 heteroatoms. The molecule has 0 aromatic heterocycles. The van der Waals surface area contributed by atoms with Crippen molar-refractivity contribution >= 4 is 15.7 Å². The molecule has 0 aliphatic carbocycles. The molecule has 118 valence electrons. The zero-order valence-electron chi connectivity index (χ0n) is 13.1. The van der Waals surface area contributed by atoms with Gasteiger partial charge in [-0.05, 0) is 45.9 Å². The Morgan fingerprint density at radius 3 is 2.67 bits per heavy atom. The van der Waals surface area contributed by atoms with Crippen LogP contribution in [0.3, 0.4) is 0 Å². The molecule has 2 rings (SSSR count). The molecule has 21 heavy (non-hydrogen) atoms. The highest BCUT2D eigenvalue weighted by Gasteiger charge is 2.35. The van der Waals surface area contributed by atoms with Gasteiger partial charge in [0, 0.05) is 24.2 Å². The van der Waals surface area contributed by atoms with Gasteiger partial charge in [0.2, 0.25) is 10.0 Å². The van der Waals surface area contributed by atoms with E-state index in [1.54, 1.807) is 6.92 Å². The number of hydrogen-bond acceptors (Lipinski definition) is 4. The fourth-order valence-electron chi connectivity index (χ4n) is 2.57. The van der Waals surface area contributed by atoms with E-state index in [1.807, 2.05) is 39.0 Å². The van der Waals surface area contributed by atoms with Crippen LogP contribution in [0.4, 0.5) is 5.69 Å². The molecule has 0 amide bonds. The standard InChI is InChI=1S/C15H24N2O3S/c1-5-16-11-7-8-14-12(9-11)13(10-15(3,4)20-14)17-21(18,19)6-2/h7-9,13,16-17H,5-6,10H2,1-4H3. The second-order valence-corrected chi connectivity index (χ2v) is 7.97. The maximum atomic E-state index is 11.9. The largest absolute Gasteiger partial charge is 0.487 e. The summed E-state index contributed by atoms with van der Waals surface area (Å²) in [7, 11) is -3.26. The van der Waals surface area contributed by atoms with Crippen LogP contribution < -0.4 is 14.8 Å². The number of sulfonamides is 1. The van der Waals surface area contributed by atoms with E-state index >= 15 is 0 Å². The van der Waals surface area contributed by atoms with Crippen molar-refractivity contribution in [1.82, 2.24) is 4.72 Å². The molecule has 5 nitrogen and oxygen atoms in total. The summed E-state index contributed by atoms with van der Waals surface area (Å²) in [6.45, 7) is 8.43. The lowest BCUT2D eigenvalue weighted by Gasteiger charge is -2.38. The van der Waals surface area contributed by atoms with Crippen molar-refractivity contribution < 1.29 is 13.2 Å². The Labute approximate surface area is 127 Å². The predicted octanol–water partition coefficient (Wildman–Crippen LogP) is 2.66. The molecule has 0 spiro atoms. The van der Waals surface area contributed by atoms with E-state index in [0.717, 1.165) is 23.5 Å². The van der Waals surface area contributed by atoms with Crippen LogP contribution in [0.1, 0.15) is 45.7 Å². The smallest absolute Gasteiger partial charge is 0.211 e. The summed E-state index contributed by atoms with van der Waals surface area (Å²) >= 11 is 0. The van der Waals surface area contributed by atoms with E-state index in [-0.39, 0.29) is 11.8 Å². The van der Waals surface area contributed by atoms with E-state index in [4.69, 9.17) is 4.74 Å². The molecule has 0 saturated heterocycles. The molecule has 2 N–H and O–H groups in total. The molecule has 0 fully saturated rings. The summed E-state index contributed by atoms with van der Waals surface area (Å²) in [5.74, 6) is 0.823. The van der Waals surface area contributed by atoms with Gasteiger partial charge in [-0.15, -0.1) is 0 Å². The lowest BCUT2D eigenvalue weighted by Crippen LogP contribution is -2.41. The third-order valence-electron chi connectivity index (χ3n) is 3.55. The summed E-state index contributed by atoms with van der Waals surface area (Å²) in [6, 6.07) is 5.57. The monoisotopic (exact) mass is 312 g/mol. The van der Waals surface area contributed by atoms with Crippen molar-refractivity contribution in [1.29, 1.82) is 0 Å². The van der Waals surface area contributed by atoms with Crippen LogP contribution in [0.15, 0.2) is 18.2 Å². The maximum absolute atomic E-state index is 11.9. The first-order chi connectivity index (χ1) is 9.76. The molecular formula is C15H24N2O3S. The average molecular weight is 312 g/mol. The SMILES string of the molecule is CCNc1ccc2c(c1)C(NS(=O)(=O)CC)CC(C)(C)O2. The number of fused-ring (bicyclic) bond motifs is 1. The third-order valence-corrected chi connectivity index (χ3v) is 4.95. The van der Waals surface area contributed by atoms with Crippen molar-refractivity contribution in [2.24, 2.45) is 0 Å². The van der Waals surface area contributed by atoms with Gasteiger partial charge >= 0.3 is 0 Å². The van der Waals surface area contributed by atoms with Crippen LogP contribution in [-0.4, -0.2) is 26.3 Å². The Balaban J connectivity index is 2.39. The molecule has 1 heterocycles. The number of rotatable bonds is 5. The molecule has 1 aliphatic heterocycles. The maximum Gasteiger partial charge on any atom is 0.211 e. The van der Waals surface area contributed by atoms with Gasteiger partial charge in [-0.1, -0.05) is 0 Å². The van der Waals surface area contributed by atoms with E-state index in [9.17, 15) is 8.42 Å². The van der Waals surface area contributed by atoms with Crippen molar-refractivity contribution in [3.63, 3.8) is 0 Å². The average Bonchev–Trinajstić information content (AvgIpc) is 2.38. The van der Waals surface area contributed by atoms with Gasteiger partial charge in [0.1, 0.15) is 11.4 Å². The fraction of sp³-hybridized carbons (Fsp3) is 0.600. The van der Waals surface area contributed by atoms with Gasteiger partial charge in [0.25, 0.3) is 0 Å². The highest BCUT2D eigenvalue weighted by atomic mass is 32.2. The van der Waals surface area contributed by atoms with E-state index in [0.29, 0.717) is 6.42 Å². The first-order valence-electron chi connectivity index (χ1n) is 7.33. The zero-order chi connectivity index (χ0) is 15.7. The molecule has 1 unspecified atom stereocenters. The van der Waals surface area contributed by atoms with E-state index in [2.05, 4.69) is 10.0 Å². The van der Waals surface area contributed by atoms with Gasteiger partial charge in [-0.3, -0.25) is 0 Å². The highest BCUT2D eigenvalue weighted by Crippen LogP contribution is 2.41. The first kappa shape index (κ1) is 16.1. The molecular weight excluding hydrogens is 288 g/mol. The Kier molecular flexibility index (Phi) is 4.49. The van der Waals surface area contributed by atoms with Crippen LogP contribution >= 0.6 is 0 Å². The summed E-state index contributed by atoms with van der Waals surface area (Å²) in [5.41, 5.74) is 1.47. The minimum Gasteiger partial charge on any atom is -0.487 e. The first-order valence-corrected chi connectivity index (χ1v) is 8.98. The van der Waals surface area contributed by atoms with E-state index in [1.165, 1.54) is 0 Å². The Morgan fingerprint density at radius 2 is 2.05 bits per heavy atom. The lowest BCUT2D eigenvalue weighted by molar-refractivity contribution is 0.0702. The van der Waals surface area contributed by atoms with Gasteiger partial charge in [-0.25, -0.2) is 13.1 Å². The summed E-state index contributed by atoms with van der Waals surface area (Å²) in [4.78, 5) is 0. The van der Waals surface area contributed by atoms with Crippen molar-refractivity contribution in [3.05, 3.63) is 23.8 Å². The van der Waals surface area contributed by atoms with Crippen LogP contribution in [0.25, 0.3) is 0 Å². The van der Waals surface area contributed by atoms with Crippen LogP contribution in [-0.2, 0) is 10.0 Å². The number of benzene rings is 1. The zero-order valence-corrected chi connectivity index (χ0v) is 13.9. The van der Waals surface area contributed by atoms with Crippen molar-refractivity contribution in [3.8, 4) is 5.75 Å². The summed E-state index contributed by atoms with van der Waals surface area (Å²) < 4.78 is 32.6. The summed E-state index contributed by atoms with van der Waals surface area (Å²) in [6.07, 6.45) is 0.606. The van der Waals surface area contributed by atoms with Crippen LogP contribution in [0.5, 0.6) is 5.75 Å². The molecule has 1 aromatic rings.